The lowest BCUT2D eigenvalue weighted by molar-refractivity contribution is -0.117. The van der Waals surface area contributed by atoms with Crippen LogP contribution in [0.5, 0.6) is 5.75 Å². The average Bonchev–Trinajstić information content (AvgIpc) is 2.34. The van der Waals surface area contributed by atoms with Crippen molar-refractivity contribution in [2.75, 3.05) is 24.4 Å². The number of carbonyl (C=O) groups is 1. The third kappa shape index (κ3) is 4.88. The first-order chi connectivity index (χ1) is 8.56. The molecule has 6 heteroatoms. The highest BCUT2D eigenvalue weighted by molar-refractivity contribution is 9.10. The second-order valence-corrected chi connectivity index (χ2v) is 5.66. The number of halogens is 1. The standard InChI is InChI=1S/C12H17BrN2O2S/c1-17-10-6-8(13)5-9(7-10)15-12(16)11(14)3-4-18-2/h5-7,11H,3-4,14H2,1-2H3,(H,15,16)/t11-/m0/s1. The summed E-state index contributed by atoms with van der Waals surface area (Å²) in [6.07, 6.45) is 2.65. The van der Waals surface area contributed by atoms with Gasteiger partial charge in [0.2, 0.25) is 5.91 Å². The second-order valence-electron chi connectivity index (χ2n) is 3.76. The van der Waals surface area contributed by atoms with Crippen molar-refractivity contribution in [2.45, 2.75) is 12.5 Å². The molecule has 0 aliphatic heterocycles. The van der Waals surface area contributed by atoms with Crippen molar-refractivity contribution in [2.24, 2.45) is 5.73 Å². The number of hydrogen-bond donors (Lipinski definition) is 2. The van der Waals surface area contributed by atoms with Gasteiger partial charge in [-0.1, -0.05) is 15.9 Å². The molecule has 1 aromatic rings. The molecule has 0 spiro atoms. The van der Waals surface area contributed by atoms with Crippen molar-refractivity contribution in [1.82, 2.24) is 0 Å². The van der Waals surface area contributed by atoms with Crippen LogP contribution < -0.4 is 15.8 Å². The number of methoxy groups -OCH3 is 1. The third-order valence-corrected chi connectivity index (χ3v) is 3.45. The molecule has 0 saturated carbocycles. The molecule has 0 aliphatic rings. The molecular formula is C12H17BrN2O2S. The molecule has 18 heavy (non-hydrogen) atoms. The minimum atomic E-state index is -0.484. The first kappa shape index (κ1) is 15.3. The van der Waals surface area contributed by atoms with Crippen molar-refractivity contribution in [3.63, 3.8) is 0 Å². The second kappa shape index (κ2) is 7.66. The SMILES string of the molecule is COc1cc(Br)cc(NC(=O)[C@@H](N)CCSC)c1. The molecule has 1 aromatic carbocycles. The molecule has 0 bridgehead atoms. The van der Waals surface area contributed by atoms with Crippen LogP contribution in [-0.2, 0) is 4.79 Å². The molecule has 4 nitrogen and oxygen atoms in total. The van der Waals surface area contributed by atoms with Gasteiger partial charge in [0.1, 0.15) is 5.75 Å². The number of nitrogens with one attached hydrogen (secondary N) is 1. The lowest BCUT2D eigenvalue weighted by Gasteiger charge is -2.12. The number of anilines is 1. The van der Waals surface area contributed by atoms with E-state index in [4.69, 9.17) is 10.5 Å². The zero-order valence-electron chi connectivity index (χ0n) is 10.4. The van der Waals surface area contributed by atoms with Gasteiger partial charge in [-0.2, -0.15) is 11.8 Å². The predicted octanol–water partition coefficient (Wildman–Crippen LogP) is 2.48. The molecule has 0 saturated heterocycles. The molecule has 1 amide bonds. The van der Waals surface area contributed by atoms with Gasteiger partial charge in [0.25, 0.3) is 0 Å². The minimum Gasteiger partial charge on any atom is -0.497 e. The van der Waals surface area contributed by atoms with E-state index in [1.165, 1.54) is 0 Å². The molecule has 0 unspecified atom stereocenters. The maximum absolute atomic E-state index is 11.8. The van der Waals surface area contributed by atoms with Crippen molar-refractivity contribution in [1.29, 1.82) is 0 Å². The molecule has 0 aromatic heterocycles. The Morgan fingerprint density at radius 2 is 2.28 bits per heavy atom. The van der Waals surface area contributed by atoms with E-state index < -0.39 is 6.04 Å². The largest absolute Gasteiger partial charge is 0.497 e. The Morgan fingerprint density at radius 1 is 1.56 bits per heavy atom. The number of benzene rings is 1. The summed E-state index contributed by atoms with van der Waals surface area (Å²) in [6.45, 7) is 0. The smallest absolute Gasteiger partial charge is 0.241 e. The lowest BCUT2D eigenvalue weighted by atomic mass is 10.2. The number of carbonyl (C=O) groups excluding carboxylic acids is 1. The number of nitrogens with two attached hydrogens (primary N) is 1. The Kier molecular flexibility index (Phi) is 6.52. The molecule has 1 rings (SSSR count). The maximum atomic E-state index is 11.8. The third-order valence-electron chi connectivity index (χ3n) is 2.34. The minimum absolute atomic E-state index is 0.177. The van der Waals surface area contributed by atoms with E-state index in [-0.39, 0.29) is 5.91 Å². The Morgan fingerprint density at radius 3 is 2.89 bits per heavy atom. The van der Waals surface area contributed by atoms with Gasteiger partial charge in [-0.05, 0) is 30.6 Å². The highest BCUT2D eigenvalue weighted by Gasteiger charge is 2.13. The van der Waals surface area contributed by atoms with E-state index in [1.54, 1.807) is 24.9 Å². The fraction of sp³-hybridized carbons (Fsp3) is 0.417. The van der Waals surface area contributed by atoms with Crippen LogP contribution in [-0.4, -0.2) is 31.1 Å². The van der Waals surface area contributed by atoms with Gasteiger partial charge in [0.15, 0.2) is 0 Å². The summed E-state index contributed by atoms with van der Waals surface area (Å²) in [5, 5.41) is 2.78. The Hall–Kier alpha value is -0.720. The van der Waals surface area contributed by atoms with Crippen molar-refractivity contribution < 1.29 is 9.53 Å². The maximum Gasteiger partial charge on any atom is 0.241 e. The van der Waals surface area contributed by atoms with E-state index in [1.807, 2.05) is 18.4 Å². The summed E-state index contributed by atoms with van der Waals surface area (Å²) in [5.41, 5.74) is 6.46. The normalized spacial score (nSPS) is 12.0. The lowest BCUT2D eigenvalue weighted by Crippen LogP contribution is -2.36. The summed E-state index contributed by atoms with van der Waals surface area (Å²) >= 11 is 5.03. The molecular weight excluding hydrogens is 316 g/mol. The first-order valence-electron chi connectivity index (χ1n) is 5.46. The van der Waals surface area contributed by atoms with E-state index in [0.29, 0.717) is 17.9 Å². The van der Waals surface area contributed by atoms with Gasteiger partial charge in [0.05, 0.1) is 13.2 Å². The first-order valence-corrected chi connectivity index (χ1v) is 7.65. The van der Waals surface area contributed by atoms with E-state index in [0.717, 1.165) is 10.2 Å². The van der Waals surface area contributed by atoms with Crippen molar-refractivity contribution >= 4 is 39.3 Å². The quantitative estimate of drug-likeness (QED) is 0.839. The zero-order valence-corrected chi connectivity index (χ0v) is 12.8. The van der Waals surface area contributed by atoms with Crippen LogP contribution in [0.25, 0.3) is 0 Å². The summed E-state index contributed by atoms with van der Waals surface area (Å²) in [4.78, 5) is 11.8. The van der Waals surface area contributed by atoms with Crippen LogP contribution in [0.15, 0.2) is 22.7 Å². The molecule has 0 radical (unpaired) electrons. The molecule has 0 fully saturated rings. The van der Waals surface area contributed by atoms with E-state index in [9.17, 15) is 4.79 Å². The van der Waals surface area contributed by atoms with Gasteiger partial charge in [-0.3, -0.25) is 4.79 Å². The number of hydrogen-bond acceptors (Lipinski definition) is 4. The number of ether oxygens (including phenoxy) is 1. The number of amides is 1. The van der Waals surface area contributed by atoms with Crippen LogP contribution >= 0.6 is 27.7 Å². The van der Waals surface area contributed by atoms with Crippen molar-refractivity contribution in [3.8, 4) is 5.75 Å². The van der Waals surface area contributed by atoms with Gasteiger partial charge in [-0.25, -0.2) is 0 Å². The van der Waals surface area contributed by atoms with Crippen LogP contribution in [0.1, 0.15) is 6.42 Å². The molecule has 100 valence electrons. The van der Waals surface area contributed by atoms with Gasteiger partial charge in [-0.15, -0.1) is 0 Å². The Labute approximate surface area is 120 Å². The fourth-order valence-corrected chi connectivity index (χ4v) is 2.33. The fourth-order valence-electron chi connectivity index (χ4n) is 1.36. The summed E-state index contributed by atoms with van der Waals surface area (Å²) in [5.74, 6) is 1.37. The molecule has 3 N–H and O–H groups in total. The van der Waals surface area contributed by atoms with E-state index in [2.05, 4.69) is 21.2 Å². The highest BCUT2D eigenvalue weighted by Crippen LogP contribution is 2.24. The van der Waals surface area contributed by atoms with Gasteiger partial charge >= 0.3 is 0 Å². The zero-order chi connectivity index (χ0) is 13.5. The predicted molar refractivity (Wildman–Crippen MR) is 80.3 cm³/mol. The summed E-state index contributed by atoms with van der Waals surface area (Å²) in [7, 11) is 1.58. The van der Waals surface area contributed by atoms with Crippen LogP contribution in [0, 0.1) is 0 Å². The number of rotatable bonds is 6. The average molecular weight is 333 g/mol. The van der Waals surface area contributed by atoms with Crippen molar-refractivity contribution in [3.05, 3.63) is 22.7 Å². The van der Waals surface area contributed by atoms with Gasteiger partial charge in [0, 0.05) is 16.2 Å². The molecule has 0 heterocycles. The topological polar surface area (TPSA) is 64.3 Å². The summed E-state index contributed by atoms with van der Waals surface area (Å²) < 4.78 is 5.97. The summed E-state index contributed by atoms with van der Waals surface area (Å²) in [6, 6.07) is 4.90. The Bertz CT molecular complexity index is 415. The molecule has 1 atom stereocenters. The Balaban J connectivity index is 2.66. The monoisotopic (exact) mass is 332 g/mol. The van der Waals surface area contributed by atoms with Crippen LogP contribution in [0.3, 0.4) is 0 Å². The number of thioether (sulfide) groups is 1. The van der Waals surface area contributed by atoms with Gasteiger partial charge < -0.3 is 15.8 Å². The van der Waals surface area contributed by atoms with Crippen LogP contribution in [0.4, 0.5) is 5.69 Å². The highest BCUT2D eigenvalue weighted by atomic mass is 79.9. The van der Waals surface area contributed by atoms with E-state index >= 15 is 0 Å². The molecule has 0 aliphatic carbocycles. The van der Waals surface area contributed by atoms with Crippen LogP contribution in [0.2, 0.25) is 0 Å².